The smallest absolute Gasteiger partial charge is 0.119 e. The quantitative estimate of drug-likeness (QED) is 0.739. The van der Waals surface area contributed by atoms with Gasteiger partial charge >= 0.3 is 0 Å². The molecule has 2 rings (SSSR count). The highest BCUT2D eigenvalue weighted by Crippen LogP contribution is 2.38. The van der Waals surface area contributed by atoms with Crippen LogP contribution in [0.3, 0.4) is 0 Å². The van der Waals surface area contributed by atoms with Crippen molar-refractivity contribution < 1.29 is 5.11 Å². The lowest BCUT2D eigenvalue weighted by molar-refractivity contribution is 0.274. The predicted octanol–water partition coefficient (Wildman–Crippen LogP) is 1.94. The van der Waals surface area contributed by atoms with Crippen LogP contribution < -0.4 is 0 Å². The first-order valence-corrected chi connectivity index (χ1v) is 5.18. The molecule has 2 nitrogen and oxygen atoms in total. The van der Waals surface area contributed by atoms with Crippen LogP contribution in [0.4, 0.5) is 0 Å². The number of hydrogen-bond acceptors (Lipinski definition) is 2. The Kier molecular flexibility index (Phi) is 2.66. The minimum Gasteiger partial charge on any atom is -0.508 e. The molecule has 0 amide bonds. The van der Waals surface area contributed by atoms with Gasteiger partial charge in [0.1, 0.15) is 5.75 Å². The minimum atomic E-state index is 0.364. The van der Waals surface area contributed by atoms with Gasteiger partial charge in [0.25, 0.3) is 0 Å². The summed E-state index contributed by atoms with van der Waals surface area (Å²) in [6, 6.07) is 6.10. The molecule has 0 heterocycles. The van der Waals surface area contributed by atoms with E-state index in [1.165, 1.54) is 5.56 Å². The molecule has 0 aromatic heterocycles. The normalized spacial score (nSPS) is 18.9. The lowest BCUT2D eigenvalue weighted by Gasteiger charge is -2.22. The van der Waals surface area contributed by atoms with Crippen LogP contribution in [-0.2, 0) is 6.42 Å². The SMILES string of the molecule is C#CCN(C)C1CCc2c(O)cccc21. The lowest BCUT2D eigenvalue weighted by atomic mass is 10.1. The first-order valence-electron chi connectivity index (χ1n) is 5.18. The van der Waals surface area contributed by atoms with E-state index in [1.54, 1.807) is 6.07 Å². The number of phenols is 1. The third-order valence-electron chi connectivity index (χ3n) is 3.09. The van der Waals surface area contributed by atoms with Crippen molar-refractivity contribution in [2.45, 2.75) is 18.9 Å². The van der Waals surface area contributed by atoms with Crippen molar-refractivity contribution in [3.05, 3.63) is 29.3 Å². The van der Waals surface area contributed by atoms with Crippen molar-refractivity contribution in [1.29, 1.82) is 0 Å². The number of terminal acetylenes is 1. The molecule has 1 unspecified atom stereocenters. The van der Waals surface area contributed by atoms with Crippen LogP contribution in [0.15, 0.2) is 18.2 Å². The Morgan fingerprint density at radius 3 is 3.13 bits per heavy atom. The first kappa shape index (κ1) is 10.1. The molecule has 78 valence electrons. The van der Waals surface area contributed by atoms with Gasteiger partial charge in [-0.05, 0) is 37.1 Å². The van der Waals surface area contributed by atoms with E-state index in [9.17, 15) is 5.11 Å². The molecule has 2 heteroatoms. The fraction of sp³-hybridized carbons (Fsp3) is 0.385. The Morgan fingerprint density at radius 2 is 2.40 bits per heavy atom. The fourth-order valence-corrected chi connectivity index (χ4v) is 2.33. The topological polar surface area (TPSA) is 23.5 Å². The largest absolute Gasteiger partial charge is 0.508 e. The number of rotatable bonds is 2. The van der Waals surface area contributed by atoms with Gasteiger partial charge in [0.05, 0.1) is 6.54 Å². The minimum absolute atomic E-state index is 0.364. The fourth-order valence-electron chi connectivity index (χ4n) is 2.33. The van der Waals surface area contributed by atoms with E-state index in [0.29, 0.717) is 18.3 Å². The Labute approximate surface area is 90.5 Å². The summed E-state index contributed by atoms with van der Waals surface area (Å²) in [4.78, 5) is 2.16. The van der Waals surface area contributed by atoms with Crippen molar-refractivity contribution in [2.75, 3.05) is 13.6 Å². The van der Waals surface area contributed by atoms with E-state index < -0.39 is 0 Å². The zero-order valence-electron chi connectivity index (χ0n) is 8.90. The number of benzene rings is 1. The summed E-state index contributed by atoms with van der Waals surface area (Å²) in [5.41, 5.74) is 2.32. The monoisotopic (exact) mass is 201 g/mol. The molecule has 1 aliphatic rings. The van der Waals surface area contributed by atoms with Crippen molar-refractivity contribution >= 4 is 0 Å². The Bertz CT molecular complexity index is 405. The summed E-state index contributed by atoms with van der Waals surface area (Å²) in [6.07, 6.45) is 7.30. The summed E-state index contributed by atoms with van der Waals surface area (Å²) >= 11 is 0. The molecule has 1 aromatic carbocycles. The predicted molar refractivity (Wildman–Crippen MR) is 60.6 cm³/mol. The molecule has 1 N–H and O–H groups in total. The van der Waals surface area contributed by atoms with Gasteiger partial charge in [-0.3, -0.25) is 4.90 Å². The average Bonchev–Trinajstić information content (AvgIpc) is 2.63. The summed E-state index contributed by atoms with van der Waals surface area (Å²) in [5.74, 6) is 3.07. The number of aromatic hydroxyl groups is 1. The summed E-state index contributed by atoms with van der Waals surface area (Å²) in [5, 5.41) is 9.70. The van der Waals surface area contributed by atoms with Crippen LogP contribution in [0, 0.1) is 12.3 Å². The highest BCUT2D eigenvalue weighted by Gasteiger charge is 2.26. The number of phenolic OH excluding ortho intramolecular Hbond substituents is 1. The van der Waals surface area contributed by atoms with Crippen LogP contribution in [0.2, 0.25) is 0 Å². The summed E-state index contributed by atoms with van der Waals surface area (Å²) < 4.78 is 0. The molecule has 0 radical (unpaired) electrons. The molecule has 0 spiro atoms. The van der Waals surface area contributed by atoms with E-state index in [1.807, 2.05) is 13.1 Å². The zero-order valence-corrected chi connectivity index (χ0v) is 8.90. The van der Waals surface area contributed by atoms with Gasteiger partial charge in [-0.25, -0.2) is 0 Å². The van der Waals surface area contributed by atoms with E-state index in [0.717, 1.165) is 18.4 Å². The van der Waals surface area contributed by atoms with Gasteiger partial charge < -0.3 is 5.11 Å². The second-order valence-corrected chi connectivity index (χ2v) is 4.02. The Morgan fingerprint density at radius 1 is 1.60 bits per heavy atom. The maximum atomic E-state index is 9.70. The molecule has 0 fully saturated rings. The molecule has 1 aliphatic carbocycles. The van der Waals surface area contributed by atoms with Crippen LogP contribution in [-0.4, -0.2) is 23.6 Å². The number of fused-ring (bicyclic) bond motifs is 1. The molecule has 15 heavy (non-hydrogen) atoms. The number of nitrogens with zero attached hydrogens (tertiary/aromatic N) is 1. The van der Waals surface area contributed by atoms with Crippen LogP contribution >= 0.6 is 0 Å². The second-order valence-electron chi connectivity index (χ2n) is 4.02. The summed E-state index contributed by atoms with van der Waals surface area (Å²) in [7, 11) is 2.03. The lowest BCUT2D eigenvalue weighted by Crippen LogP contribution is -2.23. The van der Waals surface area contributed by atoms with Gasteiger partial charge in [0.2, 0.25) is 0 Å². The first-order chi connectivity index (χ1) is 7.24. The molecule has 1 aromatic rings. The van der Waals surface area contributed by atoms with Gasteiger partial charge in [-0.2, -0.15) is 0 Å². The Balaban J connectivity index is 2.29. The zero-order chi connectivity index (χ0) is 10.8. The van der Waals surface area contributed by atoms with Crippen molar-refractivity contribution in [3.8, 4) is 18.1 Å². The molecular formula is C13H15NO. The highest BCUT2D eigenvalue weighted by molar-refractivity contribution is 5.44. The van der Waals surface area contributed by atoms with Gasteiger partial charge in [-0.1, -0.05) is 18.1 Å². The van der Waals surface area contributed by atoms with E-state index in [2.05, 4.69) is 16.9 Å². The molecular weight excluding hydrogens is 186 g/mol. The molecule has 0 saturated carbocycles. The van der Waals surface area contributed by atoms with Crippen molar-refractivity contribution in [1.82, 2.24) is 4.90 Å². The van der Waals surface area contributed by atoms with Gasteiger partial charge in [0.15, 0.2) is 0 Å². The maximum Gasteiger partial charge on any atom is 0.119 e. The van der Waals surface area contributed by atoms with Crippen LogP contribution in [0.5, 0.6) is 5.75 Å². The third kappa shape index (κ3) is 1.71. The van der Waals surface area contributed by atoms with Crippen LogP contribution in [0.25, 0.3) is 0 Å². The van der Waals surface area contributed by atoms with Gasteiger partial charge in [-0.15, -0.1) is 6.42 Å². The average molecular weight is 201 g/mol. The second kappa shape index (κ2) is 3.96. The maximum absolute atomic E-state index is 9.70. The third-order valence-corrected chi connectivity index (χ3v) is 3.09. The molecule has 0 aliphatic heterocycles. The van der Waals surface area contributed by atoms with Crippen molar-refractivity contribution in [3.63, 3.8) is 0 Å². The number of hydrogen-bond donors (Lipinski definition) is 1. The summed E-state index contributed by atoms with van der Waals surface area (Å²) in [6.45, 7) is 0.653. The van der Waals surface area contributed by atoms with E-state index in [4.69, 9.17) is 6.42 Å². The van der Waals surface area contributed by atoms with Crippen molar-refractivity contribution in [2.24, 2.45) is 0 Å². The Hall–Kier alpha value is -1.46. The van der Waals surface area contributed by atoms with E-state index >= 15 is 0 Å². The molecule has 0 saturated heterocycles. The highest BCUT2D eigenvalue weighted by atomic mass is 16.3. The molecule has 0 bridgehead atoms. The molecule has 1 atom stereocenters. The standard InChI is InChI=1S/C13H15NO/c1-3-9-14(2)12-8-7-11-10(12)5-4-6-13(11)15/h1,4-6,12,15H,7-9H2,2H3. The van der Waals surface area contributed by atoms with Gasteiger partial charge in [0, 0.05) is 6.04 Å². The van der Waals surface area contributed by atoms with E-state index in [-0.39, 0.29) is 0 Å². The van der Waals surface area contributed by atoms with Crippen LogP contribution in [0.1, 0.15) is 23.6 Å².